The number of hydrogen-bond acceptors (Lipinski definition) is 4. The third-order valence-electron chi connectivity index (χ3n) is 1.72. The second kappa shape index (κ2) is 4.55. The maximum absolute atomic E-state index is 5.07. The number of aromatic nitrogens is 2. The van der Waals surface area contributed by atoms with E-state index in [1.807, 2.05) is 0 Å². The summed E-state index contributed by atoms with van der Waals surface area (Å²) in [5.41, 5.74) is 0.197. The van der Waals surface area contributed by atoms with E-state index in [1.54, 1.807) is 7.11 Å². The summed E-state index contributed by atoms with van der Waals surface area (Å²) < 4.78 is 10.00. The number of methoxy groups -OCH3 is 1. The Morgan fingerprint density at radius 1 is 1.36 bits per heavy atom. The zero-order chi connectivity index (χ0) is 10.6. The van der Waals surface area contributed by atoms with Gasteiger partial charge in [-0.25, -0.2) is 0 Å². The molecule has 0 aliphatic heterocycles. The first-order valence-electron chi connectivity index (χ1n) is 4.82. The van der Waals surface area contributed by atoms with Gasteiger partial charge < -0.3 is 9.26 Å². The molecule has 0 bridgehead atoms. The van der Waals surface area contributed by atoms with E-state index in [4.69, 9.17) is 9.26 Å². The van der Waals surface area contributed by atoms with Crippen LogP contribution in [-0.2, 0) is 17.6 Å². The maximum Gasteiger partial charge on any atom is 0.228 e. The molecule has 0 amide bonds. The van der Waals surface area contributed by atoms with Gasteiger partial charge in [0.15, 0.2) is 5.82 Å². The van der Waals surface area contributed by atoms with Crippen LogP contribution < -0.4 is 0 Å². The lowest BCUT2D eigenvalue weighted by Crippen LogP contribution is -2.10. The third kappa shape index (κ3) is 3.87. The average Bonchev–Trinajstić information content (AvgIpc) is 2.46. The van der Waals surface area contributed by atoms with Gasteiger partial charge in [0, 0.05) is 13.5 Å². The van der Waals surface area contributed by atoms with Crippen LogP contribution in [0.1, 0.15) is 32.5 Å². The summed E-state index contributed by atoms with van der Waals surface area (Å²) in [6.07, 6.45) is 1.52. The molecule has 0 unspecified atom stereocenters. The molecule has 0 fully saturated rings. The highest BCUT2D eigenvalue weighted by Gasteiger charge is 2.15. The van der Waals surface area contributed by atoms with Gasteiger partial charge in [-0.1, -0.05) is 25.9 Å². The smallest absolute Gasteiger partial charge is 0.228 e. The topological polar surface area (TPSA) is 48.2 Å². The van der Waals surface area contributed by atoms with Gasteiger partial charge in [-0.15, -0.1) is 0 Å². The Labute approximate surface area is 84.6 Å². The van der Waals surface area contributed by atoms with Crippen LogP contribution in [0.3, 0.4) is 0 Å². The Balaban J connectivity index is 2.51. The summed E-state index contributed by atoms with van der Waals surface area (Å²) >= 11 is 0. The normalized spacial score (nSPS) is 12.0. The number of nitrogens with zero attached hydrogens (tertiary/aromatic N) is 2. The Hall–Kier alpha value is -0.900. The van der Waals surface area contributed by atoms with E-state index < -0.39 is 0 Å². The van der Waals surface area contributed by atoms with Gasteiger partial charge in [-0.2, -0.15) is 4.98 Å². The monoisotopic (exact) mass is 198 g/mol. The van der Waals surface area contributed by atoms with E-state index in [0.29, 0.717) is 18.9 Å². The van der Waals surface area contributed by atoms with Crippen molar-refractivity contribution in [3.05, 3.63) is 11.7 Å². The lowest BCUT2D eigenvalue weighted by molar-refractivity contribution is 0.192. The average molecular weight is 198 g/mol. The highest BCUT2D eigenvalue weighted by atomic mass is 16.5. The molecule has 1 aromatic rings. The first-order chi connectivity index (χ1) is 6.51. The van der Waals surface area contributed by atoms with Gasteiger partial charge in [-0.3, -0.25) is 0 Å². The molecule has 1 rings (SSSR count). The largest absolute Gasteiger partial charge is 0.384 e. The minimum Gasteiger partial charge on any atom is -0.384 e. The summed E-state index contributed by atoms with van der Waals surface area (Å²) in [6.45, 7) is 7.08. The highest BCUT2D eigenvalue weighted by Crippen LogP contribution is 2.18. The Morgan fingerprint density at radius 2 is 2.07 bits per heavy atom. The zero-order valence-corrected chi connectivity index (χ0v) is 9.33. The summed E-state index contributed by atoms with van der Waals surface area (Å²) in [5.74, 6) is 1.44. The molecule has 0 aliphatic carbocycles. The van der Waals surface area contributed by atoms with Gasteiger partial charge in [0.05, 0.1) is 13.0 Å². The van der Waals surface area contributed by atoms with Gasteiger partial charge in [0.2, 0.25) is 5.89 Å². The van der Waals surface area contributed by atoms with Gasteiger partial charge >= 0.3 is 0 Å². The van der Waals surface area contributed by atoms with Crippen LogP contribution >= 0.6 is 0 Å². The van der Waals surface area contributed by atoms with Crippen molar-refractivity contribution in [1.82, 2.24) is 10.1 Å². The molecule has 0 N–H and O–H groups in total. The van der Waals surface area contributed by atoms with Crippen LogP contribution in [0.25, 0.3) is 0 Å². The minimum atomic E-state index is 0.197. The van der Waals surface area contributed by atoms with Crippen LogP contribution in [0, 0.1) is 5.41 Å². The van der Waals surface area contributed by atoms with E-state index in [1.165, 1.54) is 0 Å². The maximum atomic E-state index is 5.07. The zero-order valence-electron chi connectivity index (χ0n) is 9.33. The Kier molecular flexibility index (Phi) is 3.63. The predicted octanol–water partition coefficient (Wildman–Crippen LogP) is 1.85. The second-order valence-electron chi connectivity index (χ2n) is 4.58. The molecule has 1 heterocycles. The van der Waals surface area contributed by atoms with Crippen molar-refractivity contribution in [2.45, 2.75) is 33.6 Å². The quantitative estimate of drug-likeness (QED) is 0.740. The summed E-state index contributed by atoms with van der Waals surface area (Å²) in [5, 5.41) is 3.91. The van der Waals surface area contributed by atoms with Crippen molar-refractivity contribution in [1.29, 1.82) is 0 Å². The van der Waals surface area contributed by atoms with Crippen LogP contribution in [0.2, 0.25) is 0 Å². The standard InChI is InChI=1S/C10H18N2O2/c1-10(2,3)7-8-11-9(14-12-8)5-6-13-4/h5-7H2,1-4H3. The van der Waals surface area contributed by atoms with Crippen LogP contribution in [0.5, 0.6) is 0 Å². The van der Waals surface area contributed by atoms with Gasteiger partial charge in [0.1, 0.15) is 0 Å². The second-order valence-corrected chi connectivity index (χ2v) is 4.58. The van der Waals surface area contributed by atoms with Crippen molar-refractivity contribution in [3.63, 3.8) is 0 Å². The van der Waals surface area contributed by atoms with Crippen molar-refractivity contribution in [2.24, 2.45) is 5.41 Å². The molecule has 0 radical (unpaired) electrons. The van der Waals surface area contributed by atoms with Crippen molar-refractivity contribution < 1.29 is 9.26 Å². The molecule has 0 saturated carbocycles. The molecule has 0 saturated heterocycles. The van der Waals surface area contributed by atoms with Crippen LogP contribution in [-0.4, -0.2) is 23.9 Å². The van der Waals surface area contributed by atoms with Crippen molar-refractivity contribution in [2.75, 3.05) is 13.7 Å². The Bertz CT molecular complexity index is 276. The lowest BCUT2D eigenvalue weighted by atomic mass is 9.92. The molecule has 0 spiro atoms. The third-order valence-corrected chi connectivity index (χ3v) is 1.72. The molecule has 0 atom stereocenters. The van der Waals surface area contributed by atoms with E-state index in [-0.39, 0.29) is 5.41 Å². The first-order valence-corrected chi connectivity index (χ1v) is 4.82. The van der Waals surface area contributed by atoms with Crippen molar-refractivity contribution >= 4 is 0 Å². The van der Waals surface area contributed by atoms with Crippen molar-refractivity contribution in [3.8, 4) is 0 Å². The van der Waals surface area contributed by atoms with Crippen LogP contribution in [0.4, 0.5) is 0 Å². The molecule has 1 aromatic heterocycles. The van der Waals surface area contributed by atoms with Gasteiger partial charge in [0.25, 0.3) is 0 Å². The summed E-state index contributed by atoms with van der Waals surface area (Å²) in [4.78, 5) is 4.28. The fraction of sp³-hybridized carbons (Fsp3) is 0.800. The number of ether oxygens (including phenoxy) is 1. The van der Waals surface area contributed by atoms with E-state index in [0.717, 1.165) is 12.2 Å². The fourth-order valence-corrected chi connectivity index (χ4v) is 1.13. The molecule has 80 valence electrons. The molecule has 0 aromatic carbocycles. The van der Waals surface area contributed by atoms with E-state index in [2.05, 4.69) is 30.9 Å². The molecular weight excluding hydrogens is 180 g/mol. The van der Waals surface area contributed by atoms with Crippen LogP contribution in [0.15, 0.2) is 4.52 Å². The van der Waals surface area contributed by atoms with E-state index >= 15 is 0 Å². The summed E-state index contributed by atoms with van der Waals surface area (Å²) in [7, 11) is 1.66. The summed E-state index contributed by atoms with van der Waals surface area (Å²) in [6, 6.07) is 0. The molecule has 14 heavy (non-hydrogen) atoms. The highest BCUT2D eigenvalue weighted by molar-refractivity contribution is 4.90. The molecular formula is C10H18N2O2. The molecule has 4 nitrogen and oxygen atoms in total. The number of hydrogen-bond donors (Lipinski definition) is 0. The van der Waals surface area contributed by atoms with Gasteiger partial charge in [-0.05, 0) is 5.41 Å². The fourth-order valence-electron chi connectivity index (χ4n) is 1.13. The Morgan fingerprint density at radius 3 is 2.64 bits per heavy atom. The number of rotatable bonds is 4. The predicted molar refractivity (Wildman–Crippen MR) is 53.0 cm³/mol. The minimum absolute atomic E-state index is 0.197. The van der Waals surface area contributed by atoms with E-state index in [9.17, 15) is 0 Å². The molecule has 0 aliphatic rings. The SMILES string of the molecule is COCCc1nc(CC(C)(C)C)no1. The molecule has 4 heteroatoms. The lowest BCUT2D eigenvalue weighted by Gasteiger charge is -2.14. The first kappa shape index (κ1) is 11.2.